The number of hydrogen-bond acceptors (Lipinski definition) is 2. The Labute approximate surface area is 113 Å². The topological polar surface area (TPSA) is 40.7 Å². The van der Waals surface area contributed by atoms with Crippen LogP contribution in [0.1, 0.15) is 44.5 Å². The lowest BCUT2D eigenvalue weighted by molar-refractivity contribution is 0.405. The monoisotopic (exact) mass is 349 g/mol. The van der Waals surface area contributed by atoms with E-state index < -0.39 is 0 Å². The number of halogens is 2. The van der Waals surface area contributed by atoms with Crippen LogP contribution in [0.25, 0.3) is 0 Å². The molecule has 90 valence electrons. The molecule has 2 atom stereocenters. The van der Waals surface area contributed by atoms with E-state index in [9.17, 15) is 0 Å². The molecule has 3 nitrogen and oxygen atoms in total. The Morgan fingerprint density at radius 1 is 1.44 bits per heavy atom. The minimum Gasteiger partial charge on any atom is -0.334 e. The van der Waals surface area contributed by atoms with E-state index in [-0.39, 0.29) is 0 Å². The highest BCUT2D eigenvalue weighted by atomic mass is 79.9. The number of hydrogen-bond donors (Lipinski definition) is 2. The number of H-pyrrole nitrogens is 1. The summed E-state index contributed by atoms with van der Waals surface area (Å²) in [6.45, 7) is 3.35. The SMILES string of the molecule is CCCCC1CCN[C@@H]1c1nc(Br)c(Br)[nH]1. The summed E-state index contributed by atoms with van der Waals surface area (Å²) >= 11 is 6.86. The molecule has 1 aliphatic rings. The predicted octanol–water partition coefficient (Wildman–Crippen LogP) is 3.78. The molecule has 16 heavy (non-hydrogen) atoms. The summed E-state index contributed by atoms with van der Waals surface area (Å²) in [5.74, 6) is 1.78. The fraction of sp³-hybridized carbons (Fsp3) is 0.727. The minimum atomic E-state index is 0.397. The Bertz CT molecular complexity index is 331. The van der Waals surface area contributed by atoms with E-state index >= 15 is 0 Å². The Balaban J connectivity index is 2.07. The first-order chi connectivity index (χ1) is 7.72. The van der Waals surface area contributed by atoms with Crippen molar-refractivity contribution in [3.63, 3.8) is 0 Å². The van der Waals surface area contributed by atoms with E-state index in [1.807, 2.05) is 0 Å². The fourth-order valence-electron chi connectivity index (χ4n) is 2.35. The van der Waals surface area contributed by atoms with Gasteiger partial charge in [0.05, 0.1) is 6.04 Å². The van der Waals surface area contributed by atoms with Gasteiger partial charge < -0.3 is 10.3 Å². The molecule has 2 N–H and O–H groups in total. The second-order valence-corrected chi connectivity index (χ2v) is 5.89. The molecule has 1 aromatic rings. The molecule has 1 aliphatic heterocycles. The van der Waals surface area contributed by atoms with Gasteiger partial charge >= 0.3 is 0 Å². The van der Waals surface area contributed by atoms with E-state index in [0.29, 0.717) is 6.04 Å². The van der Waals surface area contributed by atoms with Crippen LogP contribution in [0.15, 0.2) is 9.21 Å². The maximum Gasteiger partial charge on any atom is 0.138 e. The maximum absolute atomic E-state index is 4.50. The van der Waals surface area contributed by atoms with Gasteiger partial charge in [-0.1, -0.05) is 19.8 Å². The average molecular weight is 351 g/mol. The van der Waals surface area contributed by atoms with Crippen molar-refractivity contribution in [3.05, 3.63) is 15.0 Å². The van der Waals surface area contributed by atoms with E-state index in [0.717, 1.165) is 27.5 Å². The number of nitrogens with zero attached hydrogens (tertiary/aromatic N) is 1. The molecular formula is C11H17Br2N3. The maximum atomic E-state index is 4.50. The highest BCUT2D eigenvalue weighted by Crippen LogP contribution is 2.33. The molecule has 0 radical (unpaired) electrons. The van der Waals surface area contributed by atoms with E-state index in [4.69, 9.17) is 0 Å². The van der Waals surface area contributed by atoms with Crippen LogP contribution in [-0.4, -0.2) is 16.5 Å². The van der Waals surface area contributed by atoms with Crippen molar-refractivity contribution < 1.29 is 0 Å². The van der Waals surface area contributed by atoms with Crippen molar-refractivity contribution >= 4 is 31.9 Å². The number of unbranched alkanes of at least 4 members (excludes halogenated alkanes) is 1. The lowest BCUT2D eigenvalue weighted by Crippen LogP contribution is -2.19. The van der Waals surface area contributed by atoms with Gasteiger partial charge in [-0.2, -0.15) is 0 Å². The zero-order chi connectivity index (χ0) is 11.5. The normalized spacial score (nSPS) is 25.2. The van der Waals surface area contributed by atoms with Gasteiger partial charge in [0.15, 0.2) is 0 Å². The number of aromatic nitrogens is 2. The van der Waals surface area contributed by atoms with Gasteiger partial charge in [-0.3, -0.25) is 0 Å². The van der Waals surface area contributed by atoms with E-state index in [1.165, 1.54) is 25.7 Å². The highest BCUT2D eigenvalue weighted by Gasteiger charge is 2.30. The highest BCUT2D eigenvalue weighted by molar-refractivity contribution is 9.13. The second kappa shape index (κ2) is 5.65. The van der Waals surface area contributed by atoms with E-state index in [1.54, 1.807) is 0 Å². The van der Waals surface area contributed by atoms with Crippen LogP contribution < -0.4 is 5.32 Å². The molecule has 0 aromatic carbocycles. The quantitative estimate of drug-likeness (QED) is 0.867. The van der Waals surface area contributed by atoms with Crippen LogP contribution >= 0.6 is 31.9 Å². The fourth-order valence-corrected chi connectivity index (χ4v) is 2.93. The Hall–Kier alpha value is 0.130. The summed E-state index contributed by atoms with van der Waals surface area (Å²) in [5.41, 5.74) is 0. The summed E-state index contributed by atoms with van der Waals surface area (Å²) in [6, 6.07) is 0.397. The first kappa shape index (κ1) is 12.6. The molecule has 2 rings (SSSR count). The van der Waals surface area contributed by atoms with Crippen molar-refractivity contribution in [2.24, 2.45) is 5.92 Å². The molecule has 0 amide bonds. The van der Waals surface area contributed by atoms with Crippen molar-refractivity contribution in [1.29, 1.82) is 0 Å². The lowest BCUT2D eigenvalue weighted by atomic mass is 9.94. The van der Waals surface area contributed by atoms with Crippen LogP contribution in [0, 0.1) is 5.92 Å². The van der Waals surface area contributed by atoms with Gasteiger partial charge in [0, 0.05) is 0 Å². The second-order valence-electron chi connectivity index (χ2n) is 4.35. The molecule has 5 heteroatoms. The van der Waals surface area contributed by atoms with Gasteiger partial charge in [0.2, 0.25) is 0 Å². The third-order valence-corrected chi connectivity index (χ3v) is 4.89. The van der Waals surface area contributed by atoms with Crippen LogP contribution in [0.2, 0.25) is 0 Å². The third-order valence-electron chi connectivity index (χ3n) is 3.21. The molecule has 1 aromatic heterocycles. The lowest BCUT2D eigenvalue weighted by Gasteiger charge is -2.16. The number of nitrogens with one attached hydrogen (secondary N) is 2. The standard InChI is InChI=1S/C11H17Br2N3/c1-2-3-4-7-5-6-14-8(7)11-15-9(12)10(13)16-11/h7-8,14H,2-6H2,1H3,(H,15,16)/t7?,8-/m0/s1. The van der Waals surface area contributed by atoms with Crippen molar-refractivity contribution in [2.75, 3.05) is 6.54 Å². The molecule has 0 bridgehead atoms. The first-order valence-corrected chi connectivity index (χ1v) is 7.45. The summed E-state index contributed by atoms with van der Waals surface area (Å²) in [4.78, 5) is 7.79. The number of imidazole rings is 1. The molecule has 1 unspecified atom stereocenters. The van der Waals surface area contributed by atoms with Crippen LogP contribution in [0.4, 0.5) is 0 Å². The smallest absolute Gasteiger partial charge is 0.138 e. The first-order valence-electron chi connectivity index (χ1n) is 5.86. The van der Waals surface area contributed by atoms with Gasteiger partial charge in [-0.15, -0.1) is 0 Å². The van der Waals surface area contributed by atoms with Crippen LogP contribution in [-0.2, 0) is 0 Å². The van der Waals surface area contributed by atoms with Crippen molar-refractivity contribution in [1.82, 2.24) is 15.3 Å². The number of rotatable bonds is 4. The summed E-state index contributed by atoms with van der Waals surface area (Å²) in [6.07, 6.45) is 5.14. The molecule has 2 heterocycles. The molecule has 0 aliphatic carbocycles. The molecule has 1 fully saturated rings. The summed E-state index contributed by atoms with van der Waals surface area (Å²) < 4.78 is 1.80. The van der Waals surface area contributed by atoms with Gasteiger partial charge in [0.1, 0.15) is 15.0 Å². The largest absolute Gasteiger partial charge is 0.334 e. The minimum absolute atomic E-state index is 0.397. The zero-order valence-corrected chi connectivity index (χ0v) is 12.6. The summed E-state index contributed by atoms with van der Waals surface area (Å²) in [7, 11) is 0. The Morgan fingerprint density at radius 2 is 2.25 bits per heavy atom. The van der Waals surface area contributed by atoms with E-state index in [2.05, 4.69) is 54.1 Å². The molecule has 0 saturated carbocycles. The molecule has 0 spiro atoms. The predicted molar refractivity (Wildman–Crippen MR) is 72.4 cm³/mol. The van der Waals surface area contributed by atoms with Crippen molar-refractivity contribution in [2.45, 2.75) is 38.6 Å². The van der Waals surface area contributed by atoms with Crippen LogP contribution in [0.5, 0.6) is 0 Å². The van der Waals surface area contributed by atoms with Gasteiger partial charge in [-0.05, 0) is 57.2 Å². The molecular weight excluding hydrogens is 334 g/mol. The Kier molecular flexibility index (Phi) is 4.44. The third kappa shape index (κ3) is 2.68. The Morgan fingerprint density at radius 3 is 2.88 bits per heavy atom. The van der Waals surface area contributed by atoms with Gasteiger partial charge in [0.25, 0.3) is 0 Å². The van der Waals surface area contributed by atoms with Crippen LogP contribution in [0.3, 0.4) is 0 Å². The average Bonchev–Trinajstić information content (AvgIpc) is 2.83. The van der Waals surface area contributed by atoms with Crippen molar-refractivity contribution in [3.8, 4) is 0 Å². The zero-order valence-electron chi connectivity index (χ0n) is 9.39. The number of aromatic amines is 1. The summed E-state index contributed by atoms with van der Waals surface area (Å²) in [5, 5.41) is 3.54. The molecule has 1 saturated heterocycles. The van der Waals surface area contributed by atoms with Gasteiger partial charge in [-0.25, -0.2) is 4.98 Å².